The Morgan fingerprint density at radius 3 is 2.93 bits per heavy atom. The average molecular weight is 212 g/mol. The highest BCUT2D eigenvalue weighted by molar-refractivity contribution is 5.06. The Morgan fingerprint density at radius 2 is 2.20 bits per heavy atom. The Kier molecular flexibility index (Phi) is 6.08. The molecule has 0 amide bonds. The van der Waals surface area contributed by atoms with Gasteiger partial charge in [-0.3, -0.25) is 0 Å². The predicted molar refractivity (Wildman–Crippen MR) is 59.6 cm³/mol. The van der Waals surface area contributed by atoms with Gasteiger partial charge >= 0.3 is 0 Å². The van der Waals surface area contributed by atoms with Crippen LogP contribution in [0.15, 0.2) is 18.3 Å². The van der Waals surface area contributed by atoms with Crippen molar-refractivity contribution in [3.63, 3.8) is 0 Å². The highest BCUT2D eigenvalue weighted by Crippen LogP contribution is 2.00. The van der Waals surface area contributed by atoms with Crippen LogP contribution in [0.5, 0.6) is 0 Å². The van der Waals surface area contributed by atoms with Crippen molar-refractivity contribution in [3.8, 4) is 0 Å². The fourth-order valence-electron chi connectivity index (χ4n) is 1.42. The number of nitrogens with zero attached hydrogens (tertiary/aromatic N) is 1. The summed E-state index contributed by atoms with van der Waals surface area (Å²) in [5.41, 5.74) is 6.74. The summed E-state index contributed by atoms with van der Waals surface area (Å²) in [4.78, 5) is 0. The molecular formula is C11H20N2O2. The molecule has 0 aliphatic rings. The summed E-state index contributed by atoms with van der Waals surface area (Å²) in [5, 5.41) is 0. The van der Waals surface area contributed by atoms with Gasteiger partial charge in [-0.15, -0.1) is 0 Å². The van der Waals surface area contributed by atoms with Gasteiger partial charge < -0.3 is 19.8 Å². The fourth-order valence-corrected chi connectivity index (χ4v) is 1.42. The minimum absolute atomic E-state index is 0.580. The van der Waals surface area contributed by atoms with Gasteiger partial charge in [0.2, 0.25) is 0 Å². The van der Waals surface area contributed by atoms with E-state index < -0.39 is 0 Å². The Morgan fingerprint density at radius 1 is 1.33 bits per heavy atom. The third-order valence-corrected chi connectivity index (χ3v) is 2.25. The van der Waals surface area contributed by atoms with Crippen molar-refractivity contribution < 1.29 is 9.47 Å². The first kappa shape index (κ1) is 12.2. The third-order valence-electron chi connectivity index (χ3n) is 2.25. The van der Waals surface area contributed by atoms with E-state index in [1.165, 1.54) is 0 Å². The molecule has 0 aromatic carbocycles. The molecular weight excluding hydrogens is 192 g/mol. The zero-order valence-electron chi connectivity index (χ0n) is 9.32. The fraction of sp³-hybridized carbons (Fsp3) is 0.636. The van der Waals surface area contributed by atoms with Crippen LogP contribution in [0, 0.1) is 0 Å². The second-order valence-corrected chi connectivity index (χ2v) is 3.36. The minimum Gasteiger partial charge on any atom is -0.385 e. The molecule has 15 heavy (non-hydrogen) atoms. The van der Waals surface area contributed by atoms with Crippen molar-refractivity contribution in [1.82, 2.24) is 4.57 Å². The normalized spacial score (nSPS) is 10.8. The number of aromatic nitrogens is 1. The van der Waals surface area contributed by atoms with Gasteiger partial charge in [-0.2, -0.15) is 0 Å². The van der Waals surface area contributed by atoms with E-state index in [2.05, 4.69) is 4.57 Å². The molecule has 0 atom stereocenters. The first-order valence-electron chi connectivity index (χ1n) is 5.29. The summed E-state index contributed by atoms with van der Waals surface area (Å²) in [7, 11) is 1.70. The third kappa shape index (κ3) is 4.46. The van der Waals surface area contributed by atoms with Gasteiger partial charge in [0.1, 0.15) is 0 Å². The molecule has 0 aliphatic heterocycles. The second-order valence-electron chi connectivity index (χ2n) is 3.36. The van der Waals surface area contributed by atoms with Gasteiger partial charge in [0, 0.05) is 45.3 Å². The number of methoxy groups -OCH3 is 1. The monoisotopic (exact) mass is 212 g/mol. The zero-order chi connectivity index (χ0) is 10.9. The van der Waals surface area contributed by atoms with Crippen LogP contribution >= 0.6 is 0 Å². The molecule has 0 bridgehead atoms. The molecule has 0 aliphatic carbocycles. The van der Waals surface area contributed by atoms with Crippen molar-refractivity contribution in [3.05, 3.63) is 24.0 Å². The lowest BCUT2D eigenvalue weighted by atomic mass is 10.4. The van der Waals surface area contributed by atoms with Gasteiger partial charge in [0.25, 0.3) is 0 Å². The Labute approximate surface area is 91.0 Å². The van der Waals surface area contributed by atoms with E-state index in [1.807, 2.05) is 18.3 Å². The quantitative estimate of drug-likeness (QED) is 0.654. The number of rotatable bonds is 8. The summed E-state index contributed by atoms with van der Waals surface area (Å²) in [6.07, 6.45) is 2.98. The van der Waals surface area contributed by atoms with E-state index in [0.29, 0.717) is 6.54 Å². The van der Waals surface area contributed by atoms with Crippen LogP contribution in [0.25, 0.3) is 0 Å². The highest BCUT2D eigenvalue weighted by atomic mass is 16.5. The van der Waals surface area contributed by atoms with Crippen molar-refractivity contribution in [1.29, 1.82) is 0 Å². The molecule has 1 aromatic rings. The first-order valence-corrected chi connectivity index (χ1v) is 5.29. The van der Waals surface area contributed by atoms with Crippen molar-refractivity contribution in [2.75, 3.05) is 26.9 Å². The lowest BCUT2D eigenvalue weighted by Crippen LogP contribution is -2.11. The van der Waals surface area contributed by atoms with Crippen LogP contribution in [0.1, 0.15) is 12.1 Å². The number of hydrogen-bond acceptors (Lipinski definition) is 3. The first-order chi connectivity index (χ1) is 7.38. The van der Waals surface area contributed by atoms with Crippen LogP contribution in [-0.4, -0.2) is 31.5 Å². The van der Waals surface area contributed by atoms with Gasteiger partial charge in [-0.1, -0.05) is 0 Å². The molecule has 0 spiro atoms. The smallest absolute Gasteiger partial charge is 0.0645 e. The van der Waals surface area contributed by atoms with Crippen molar-refractivity contribution in [2.24, 2.45) is 5.73 Å². The summed E-state index contributed by atoms with van der Waals surface area (Å²) in [5.74, 6) is 0. The standard InChI is InChI=1S/C11H20N2O2/c1-14-7-3-8-15-9-6-13-5-2-4-11(13)10-12/h2,4-5H,3,6-10,12H2,1H3. The largest absolute Gasteiger partial charge is 0.385 e. The lowest BCUT2D eigenvalue weighted by Gasteiger charge is -2.08. The molecule has 1 aromatic heterocycles. The molecule has 0 radical (unpaired) electrons. The van der Waals surface area contributed by atoms with Crippen LogP contribution in [0.4, 0.5) is 0 Å². The van der Waals surface area contributed by atoms with E-state index in [9.17, 15) is 0 Å². The molecule has 86 valence electrons. The Balaban J connectivity index is 2.09. The van der Waals surface area contributed by atoms with E-state index in [4.69, 9.17) is 15.2 Å². The highest BCUT2D eigenvalue weighted by Gasteiger charge is 1.97. The van der Waals surface area contributed by atoms with Crippen LogP contribution in [0.3, 0.4) is 0 Å². The predicted octanol–water partition coefficient (Wildman–Crippen LogP) is 1.000. The maximum Gasteiger partial charge on any atom is 0.0645 e. The van der Waals surface area contributed by atoms with Gasteiger partial charge in [-0.05, 0) is 18.6 Å². The molecule has 1 rings (SSSR count). The molecule has 0 fully saturated rings. The Bertz CT molecular complexity index is 261. The minimum atomic E-state index is 0.580. The van der Waals surface area contributed by atoms with E-state index >= 15 is 0 Å². The molecule has 4 heteroatoms. The molecule has 0 unspecified atom stereocenters. The number of hydrogen-bond donors (Lipinski definition) is 1. The maximum absolute atomic E-state index is 5.59. The molecule has 0 saturated carbocycles. The van der Waals surface area contributed by atoms with E-state index in [-0.39, 0.29) is 0 Å². The lowest BCUT2D eigenvalue weighted by molar-refractivity contribution is 0.0974. The molecule has 1 heterocycles. The number of ether oxygens (including phenoxy) is 2. The summed E-state index contributed by atoms with van der Waals surface area (Å²) < 4.78 is 12.5. The van der Waals surface area contributed by atoms with Crippen molar-refractivity contribution in [2.45, 2.75) is 19.5 Å². The van der Waals surface area contributed by atoms with E-state index in [1.54, 1.807) is 7.11 Å². The van der Waals surface area contributed by atoms with Crippen LogP contribution in [0.2, 0.25) is 0 Å². The van der Waals surface area contributed by atoms with Gasteiger partial charge in [0.15, 0.2) is 0 Å². The summed E-state index contributed by atoms with van der Waals surface area (Å²) in [6.45, 7) is 3.69. The van der Waals surface area contributed by atoms with Gasteiger partial charge in [0.05, 0.1) is 6.61 Å². The second kappa shape index (κ2) is 7.45. The molecule has 0 saturated heterocycles. The zero-order valence-corrected chi connectivity index (χ0v) is 9.32. The van der Waals surface area contributed by atoms with Crippen LogP contribution in [-0.2, 0) is 22.6 Å². The maximum atomic E-state index is 5.59. The molecule has 4 nitrogen and oxygen atoms in total. The topological polar surface area (TPSA) is 49.4 Å². The summed E-state index contributed by atoms with van der Waals surface area (Å²) >= 11 is 0. The Hall–Kier alpha value is -0.840. The average Bonchev–Trinajstić information content (AvgIpc) is 2.70. The SMILES string of the molecule is COCCCOCCn1cccc1CN. The van der Waals surface area contributed by atoms with E-state index in [0.717, 1.165) is 38.5 Å². The van der Waals surface area contributed by atoms with Crippen LogP contribution < -0.4 is 5.73 Å². The number of nitrogens with two attached hydrogens (primary N) is 1. The molecule has 2 N–H and O–H groups in total. The summed E-state index contributed by atoms with van der Waals surface area (Å²) in [6, 6.07) is 4.04. The van der Waals surface area contributed by atoms with Crippen molar-refractivity contribution >= 4 is 0 Å². The van der Waals surface area contributed by atoms with Gasteiger partial charge in [-0.25, -0.2) is 0 Å².